The number of nitrogens with zero attached hydrogens (tertiary/aromatic N) is 2. The number of aromatic nitrogens is 2. The molecule has 0 saturated heterocycles. The Kier molecular flexibility index (Phi) is 4.32. The van der Waals surface area contributed by atoms with Crippen LogP contribution >= 0.6 is 23.2 Å². The number of aryl methyl sites for hydroxylation is 1. The van der Waals surface area contributed by atoms with Crippen molar-refractivity contribution in [3.63, 3.8) is 0 Å². The molecule has 1 N–H and O–H groups in total. The van der Waals surface area contributed by atoms with Crippen molar-refractivity contribution in [3.05, 3.63) is 64.0 Å². The number of anilines is 1. The number of carbonyl (C=O) groups is 1. The molecule has 1 amide bonds. The molecule has 2 aromatic carbocycles. The maximum atomic E-state index is 12.2. The quantitative estimate of drug-likeness (QED) is 0.751. The Morgan fingerprint density at radius 3 is 2.57 bits per heavy atom. The van der Waals surface area contributed by atoms with Gasteiger partial charge in [-0.05, 0) is 25.1 Å². The van der Waals surface area contributed by atoms with E-state index in [9.17, 15) is 4.79 Å². The zero-order valence-electron chi connectivity index (χ0n) is 12.0. The van der Waals surface area contributed by atoms with Gasteiger partial charge >= 0.3 is 11.8 Å². The molecule has 3 rings (SSSR count). The summed E-state index contributed by atoms with van der Waals surface area (Å²) in [6.45, 7) is 1.98. The first kappa shape index (κ1) is 15.5. The first-order valence-electron chi connectivity index (χ1n) is 6.70. The SMILES string of the molecule is Cc1ccc(-c2noc(C(=O)Nc3ccc(Cl)cc3Cl)n2)cc1. The lowest BCUT2D eigenvalue weighted by Crippen LogP contribution is -2.12. The molecule has 7 heteroatoms. The van der Waals surface area contributed by atoms with Gasteiger partial charge in [0.1, 0.15) is 0 Å². The summed E-state index contributed by atoms with van der Waals surface area (Å²) < 4.78 is 5.00. The molecule has 0 aliphatic carbocycles. The highest BCUT2D eigenvalue weighted by atomic mass is 35.5. The molecule has 0 unspecified atom stereocenters. The molecule has 0 atom stereocenters. The van der Waals surface area contributed by atoms with Gasteiger partial charge in [-0.1, -0.05) is 58.2 Å². The summed E-state index contributed by atoms with van der Waals surface area (Å²) in [6, 6.07) is 12.3. The highest BCUT2D eigenvalue weighted by Crippen LogP contribution is 2.26. The van der Waals surface area contributed by atoms with Crippen molar-refractivity contribution in [2.24, 2.45) is 0 Å². The Bertz CT molecular complexity index is 860. The summed E-state index contributed by atoms with van der Waals surface area (Å²) in [5.74, 6) is -0.343. The van der Waals surface area contributed by atoms with Gasteiger partial charge in [0.15, 0.2) is 0 Å². The van der Waals surface area contributed by atoms with Gasteiger partial charge in [0.25, 0.3) is 0 Å². The van der Waals surface area contributed by atoms with Crippen LogP contribution in [-0.2, 0) is 0 Å². The van der Waals surface area contributed by atoms with Crippen LogP contribution < -0.4 is 5.32 Å². The van der Waals surface area contributed by atoms with Crippen LogP contribution in [0.25, 0.3) is 11.4 Å². The zero-order chi connectivity index (χ0) is 16.4. The first-order chi connectivity index (χ1) is 11.0. The molecule has 3 aromatic rings. The second kappa shape index (κ2) is 6.40. The van der Waals surface area contributed by atoms with Gasteiger partial charge in [0.05, 0.1) is 10.7 Å². The molecule has 1 aromatic heterocycles. The van der Waals surface area contributed by atoms with Gasteiger partial charge in [0.2, 0.25) is 5.82 Å². The standard InChI is InChI=1S/C16H11Cl2N3O2/c1-9-2-4-10(5-3-9)14-20-16(23-21-14)15(22)19-13-7-6-11(17)8-12(13)18/h2-8H,1H3,(H,19,22). The number of amides is 1. The van der Waals surface area contributed by atoms with Crippen molar-refractivity contribution in [1.82, 2.24) is 10.1 Å². The van der Waals surface area contributed by atoms with Crippen LogP contribution in [0.5, 0.6) is 0 Å². The number of nitrogens with one attached hydrogen (secondary N) is 1. The van der Waals surface area contributed by atoms with Crippen LogP contribution in [0.3, 0.4) is 0 Å². The predicted octanol–water partition coefficient (Wildman–Crippen LogP) is 4.60. The van der Waals surface area contributed by atoms with Crippen LogP contribution in [0.1, 0.15) is 16.2 Å². The van der Waals surface area contributed by atoms with Gasteiger partial charge in [-0.2, -0.15) is 4.98 Å². The fourth-order valence-electron chi connectivity index (χ4n) is 1.90. The minimum absolute atomic E-state index is 0.147. The number of hydrogen-bond acceptors (Lipinski definition) is 4. The normalized spacial score (nSPS) is 10.6. The third-order valence-electron chi connectivity index (χ3n) is 3.11. The van der Waals surface area contributed by atoms with Crippen molar-refractivity contribution in [2.45, 2.75) is 6.92 Å². The van der Waals surface area contributed by atoms with Crippen LogP contribution in [0.4, 0.5) is 5.69 Å². The van der Waals surface area contributed by atoms with Crippen molar-refractivity contribution in [2.75, 3.05) is 5.32 Å². The summed E-state index contributed by atoms with van der Waals surface area (Å²) in [7, 11) is 0. The van der Waals surface area contributed by atoms with E-state index in [4.69, 9.17) is 27.7 Å². The summed E-state index contributed by atoms with van der Waals surface area (Å²) in [5, 5.41) is 7.22. The number of carbonyl (C=O) groups excluding carboxylic acids is 1. The topological polar surface area (TPSA) is 68.0 Å². The molecule has 5 nitrogen and oxygen atoms in total. The molecular weight excluding hydrogens is 337 g/mol. The fourth-order valence-corrected chi connectivity index (χ4v) is 2.36. The van der Waals surface area contributed by atoms with Crippen molar-refractivity contribution >= 4 is 34.8 Å². The van der Waals surface area contributed by atoms with Gasteiger partial charge in [0, 0.05) is 10.6 Å². The van der Waals surface area contributed by atoms with Crippen LogP contribution in [-0.4, -0.2) is 16.0 Å². The average Bonchev–Trinajstić information content (AvgIpc) is 3.01. The molecule has 0 aliphatic rings. The molecule has 0 fully saturated rings. The highest BCUT2D eigenvalue weighted by molar-refractivity contribution is 6.36. The van der Waals surface area contributed by atoms with E-state index in [1.807, 2.05) is 31.2 Å². The molecule has 0 aliphatic heterocycles. The Morgan fingerprint density at radius 1 is 1.13 bits per heavy atom. The molecular formula is C16H11Cl2N3O2. The minimum Gasteiger partial charge on any atom is -0.328 e. The van der Waals surface area contributed by atoms with E-state index in [1.165, 1.54) is 6.07 Å². The van der Waals surface area contributed by atoms with Crippen LogP contribution in [0, 0.1) is 6.92 Å². The fraction of sp³-hybridized carbons (Fsp3) is 0.0625. The van der Waals surface area contributed by atoms with E-state index in [0.29, 0.717) is 21.6 Å². The highest BCUT2D eigenvalue weighted by Gasteiger charge is 2.17. The Labute approximate surface area is 142 Å². The van der Waals surface area contributed by atoms with E-state index in [1.54, 1.807) is 12.1 Å². The molecule has 116 valence electrons. The first-order valence-corrected chi connectivity index (χ1v) is 7.45. The summed E-state index contributed by atoms with van der Waals surface area (Å²) >= 11 is 11.8. The summed E-state index contributed by atoms with van der Waals surface area (Å²) in [6.07, 6.45) is 0. The van der Waals surface area contributed by atoms with Gasteiger partial charge in [-0.3, -0.25) is 4.79 Å². The smallest absolute Gasteiger partial charge is 0.316 e. The van der Waals surface area contributed by atoms with Gasteiger partial charge in [-0.25, -0.2) is 0 Å². The Balaban J connectivity index is 1.79. The van der Waals surface area contributed by atoms with E-state index < -0.39 is 5.91 Å². The lowest BCUT2D eigenvalue weighted by Gasteiger charge is -2.04. The van der Waals surface area contributed by atoms with E-state index >= 15 is 0 Å². The second-order valence-corrected chi connectivity index (χ2v) is 5.71. The van der Waals surface area contributed by atoms with Crippen molar-refractivity contribution in [1.29, 1.82) is 0 Å². The molecule has 1 heterocycles. The lowest BCUT2D eigenvalue weighted by atomic mass is 10.1. The van der Waals surface area contributed by atoms with E-state index in [2.05, 4.69) is 15.5 Å². The molecule has 23 heavy (non-hydrogen) atoms. The average molecular weight is 348 g/mol. The minimum atomic E-state index is -0.542. The van der Waals surface area contributed by atoms with Crippen molar-refractivity contribution in [3.8, 4) is 11.4 Å². The monoisotopic (exact) mass is 347 g/mol. The lowest BCUT2D eigenvalue weighted by molar-refractivity contribution is 0.0981. The maximum Gasteiger partial charge on any atom is 0.316 e. The molecule has 0 spiro atoms. The van der Waals surface area contributed by atoms with E-state index in [-0.39, 0.29) is 5.89 Å². The molecule has 0 radical (unpaired) electrons. The van der Waals surface area contributed by atoms with Gasteiger partial charge < -0.3 is 9.84 Å². The summed E-state index contributed by atoms with van der Waals surface area (Å²) in [4.78, 5) is 16.2. The van der Waals surface area contributed by atoms with Gasteiger partial charge in [-0.15, -0.1) is 0 Å². The third kappa shape index (κ3) is 3.52. The number of hydrogen-bond donors (Lipinski definition) is 1. The molecule has 0 bridgehead atoms. The van der Waals surface area contributed by atoms with E-state index in [0.717, 1.165) is 11.1 Å². The number of rotatable bonds is 3. The maximum absolute atomic E-state index is 12.2. The van der Waals surface area contributed by atoms with Crippen molar-refractivity contribution < 1.29 is 9.32 Å². The number of benzene rings is 2. The zero-order valence-corrected chi connectivity index (χ0v) is 13.5. The Morgan fingerprint density at radius 2 is 1.87 bits per heavy atom. The third-order valence-corrected chi connectivity index (χ3v) is 3.66. The van der Waals surface area contributed by atoms with Crippen LogP contribution in [0.2, 0.25) is 10.0 Å². The predicted molar refractivity (Wildman–Crippen MR) is 88.9 cm³/mol. The Hall–Kier alpha value is -2.37. The van der Waals surface area contributed by atoms with Crippen LogP contribution in [0.15, 0.2) is 47.0 Å². The number of halogens is 2. The summed E-state index contributed by atoms with van der Waals surface area (Å²) in [5.41, 5.74) is 2.30. The largest absolute Gasteiger partial charge is 0.328 e. The molecule has 0 saturated carbocycles. The second-order valence-electron chi connectivity index (χ2n) is 4.87.